The Labute approximate surface area is 128 Å². The number of anilines is 1. The van der Waals surface area contributed by atoms with Crippen LogP contribution in [0.25, 0.3) is 0 Å². The minimum atomic E-state index is -2.83. The van der Waals surface area contributed by atoms with Crippen molar-refractivity contribution >= 4 is 33.2 Å². The molecule has 20 heavy (non-hydrogen) atoms. The van der Waals surface area contributed by atoms with Crippen LogP contribution in [0.5, 0.6) is 5.75 Å². The summed E-state index contributed by atoms with van der Waals surface area (Å²) in [6.45, 7) is -2.47. The Kier molecular flexibility index (Phi) is 5.20. The molecule has 0 aliphatic carbocycles. The molecule has 2 aromatic rings. The van der Waals surface area contributed by atoms with Crippen molar-refractivity contribution in [3.63, 3.8) is 0 Å². The van der Waals surface area contributed by atoms with E-state index in [1.54, 1.807) is 24.3 Å². The predicted molar refractivity (Wildman–Crippen MR) is 79.6 cm³/mol. The Morgan fingerprint density at radius 3 is 2.65 bits per heavy atom. The van der Waals surface area contributed by atoms with Gasteiger partial charge in [-0.1, -0.05) is 29.8 Å². The van der Waals surface area contributed by atoms with Crippen LogP contribution in [0.2, 0.25) is 5.02 Å². The average molecular weight is 363 g/mol. The normalized spacial score (nSPS) is 10.7. The molecule has 0 atom stereocenters. The van der Waals surface area contributed by atoms with Gasteiger partial charge in [0, 0.05) is 22.3 Å². The molecule has 0 saturated heterocycles. The van der Waals surface area contributed by atoms with Gasteiger partial charge in [0.1, 0.15) is 5.75 Å². The van der Waals surface area contributed by atoms with Gasteiger partial charge in [-0.15, -0.1) is 0 Å². The fourth-order valence-electron chi connectivity index (χ4n) is 1.66. The van der Waals surface area contributed by atoms with Gasteiger partial charge in [-0.25, -0.2) is 0 Å². The fraction of sp³-hybridized carbons (Fsp3) is 0.143. The lowest BCUT2D eigenvalue weighted by Gasteiger charge is -2.12. The molecular formula is C14H11BrClF2NO. The molecule has 0 aliphatic rings. The molecule has 0 aliphatic heterocycles. The van der Waals surface area contributed by atoms with Gasteiger partial charge in [0.25, 0.3) is 0 Å². The highest BCUT2D eigenvalue weighted by Crippen LogP contribution is 2.27. The van der Waals surface area contributed by atoms with Crippen molar-refractivity contribution in [3.8, 4) is 5.75 Å². The third kappa shape index (κ3) is 4.08. The second-order valence-electron chi connectivity index (χ2n) is 3.97. The van der Waals surface area contributed by atoms with Gasteiger partial charge in [-0.3, -0.25) is 0 Å². The second kappa shape index (κ2) is 6.90. The van der Waals surface area contributed by atoms with E-state index in [4.69, 9.17) is 11.6 Å². The van der Waals surface area contributed by atoms with E-state index in [1.165, 1.54) is 6.07 Å². The predicted octanol–water partition coefficient (Wildman–Crippen LogP) is 5.32. The van der Waals surface area contributed by atoms with Crippen LogP contribution in [0.4, 0.5) is 14.5 Å². The summed E-state index contributed by atoms with van der Waals surface area (Å²) >= 11 is 9.29. The standard InChI is InChI=1S/C14H11BrClF2NO/c15-11-6-5-10(7-12(11)16)19-8-9-3-1-2-4-13(9)20-14(17)18/h1-7,14,19H,8H2. The van der Waals surface area contributed by atoms with E-state index < -0.39 is 6.61 Å². The smallest absolute Gasteiger partial charge is 0.387 e. The second-order valence-corrected chi connectivity index (χ2v) is 5.23. The van der Waals surface area contributed by atoms with E-state index in [9.17, 15) is 8.78 Å². The molecule has 0 radical (unpaired) electrons. The first-order valence-electron chi connectivity index (χ1n) is 5.78. The number of benzene rings is 2. The lowest BCUT2D eigenvalue weighted by Crippen LogP contribution is -2.07. The van der Waals surface area contributed by atoms with Crippen molar-refractivity contribution in [3.05, 3.63) is 57.5 Å². The Morgan fingerprint density at radius 2 is 1.95 bits per heavy atom. The average Bonchev–Trinajstić information content (AvgIpc) is 2.41. The van der Waals surface area contributed by atoms with Gasteiger partial charge in [0.05, 0.1) is 5.02 Å². The minimum absolute atomic E-state index is 0.165. The van der Waals surface area contributed by atoms with Crippen molar-refractivity contribution in [2.24, 2.45) is 0 Å². The number of rotatable bonds is 5. The molecule has 0 spiro atoms. The molecule has 0 saturated carbocycles. The number of ether oxygens (including phenoxy) is 1. The summed E-state index contributed by atoms with van der Waals surface area (Å²) < 4.78 is 29.9. The molecule has 0 aromatic heterocycles. The van der Waals surface area contributed by atoms with E-state index in [0.717, 1.165) is 10.2 Å². The van der Waals surface area contributed by atoms with Gasteiger partial charge >= 0.3 is 6.61 Å². The van der Waals surface area contributed by atoms with Gasteiger partial charge in [0.2, 0.25) is 0 Å². The van der Waals surface area contributed by atoms with E-state index in [-0.39, 0.29) is 5.75 Å². The highest BCUT2D eigenvalue weighted by atomic mass is 79.9. The SMILES string of the molecule is FC(F)Oc1ccccc1CNc1ccc(Br)c(Cl)c1. The maximum absolute atomic E-state index is 12.3. The van der Waals surface area contributed by atoms with Crippen molar-refractivity contribution in [2.75, 3.05) is 5.32 Å². The van der Waals surface area contributed by atoms with Crippen LogP contribution >= 0.6 is 27.5 Å². The summed E-state index contributed by atoms with van der Waals surface area (Å²) in [6, 6.07) is 12.1. The largest absolute Gasteiger partial charge is 0.434 e. The van der Waals surface area contributed by atoms with Crippen molar-refractivity contribution < 1.29 is 13.5 Å². The van der Waals surface area contributed by atoms with Gasteiger partial charge in [-0.05, 0) is 40.2 Å². The van der Waals surface area contributed by atoms with Crippen molar-refractivity contribution in [1.29, 1.82) is 0 Å². The van der Waals surface area contributed by atoms with Gasteiger partial charge in [0.15, 0.2) is 0 Å². The number of hydrogen-bond donors (Lipinski definition) is 1. The molecule has 0 fully saturated rings. The molecule has 0 amide bonds. The third-order valence-corrected chi connectivity index (χ3v) is 3.82. The Bertz CT molecular complexity index is 595. The first-order valence-corrected chi connectivity index (χ1v) is 6.95. The molecule has 1 N–H and O–H groups in total. The van der Waals surface area contributed by atoms with Crippen LogP contribution in [0, 0.1) is 0 Å². The zero-order valence-electron chi connectivity index (χ0n) is 10.2. The molecule has 0 bridgehead atoms. The molecule has 106 valence electrons. The lowest BCUT2D eigenvalue weighted by atomic mass is 10.2. The van der Waals surface area contributed by atoms with Crippen LogP contribution in [-0.2, 0) is 6.54 Å². The lowest BCUT2D eigenvalue weighted by molar-refractivity contribution is -0.0504. The van der Waals surface area contributed by atoms with Crippen LogP contribution in [0.3, 0.4) is 0 Å². The number of alkyl halides is 2. The Morgan fingerprint density at radius 1 is 1.20 bits per heavy atom. The molecule has 2 nitrogen and oxygen atoms in total. The van der Waals surface area contributed by atoms with Crippen LogP contribution < -0.4 is 10.1 Å². The zero-order valence-corrected chi connectivity index (χ0v) is 12.6. The molecular weight excluding hydrogens is 352 g/mol. The highest BCUT2D eigenvalue weighted by molar-refractivity contribution is 9.10. The molecule has 0 heterocycles. The Balaban J connectivity index is 2.08. The monoisotopic (exact) mass is 361 g/mol. The topological polar surface area (TPSA) is 21.3 Å². The maximum atomic E-state index is 12.3. The zero-order chi connectivity index (χ0) is 14.5. The Hall–Kier alpha value is -1.33. The summed E-state index contributed by atoms with van der Waals surface area (Å²) in [5.41, 5.74) is 1.44. The number of nitrogens with one attached hydrogen (secondary N) is 1. The van der Waals surface area contributed by atoms with Gasteiger partial charge < -0.3 is 10.1 Å². The number of hydrogen-bond acceptors (Lipinski definition) is 2. The third-order valence-electron chi connectivity index (χ3n) is 2.59. The fourth-order valence-corrected chi connectivity index (χ4v) is 2.09. The quantitative estimate of drug-likeness (QED) is 0.777. The van der Waals surface area contributed by atoms with Crippen LogP contribution in [0.15, 0.2) is 46.9 Å². The number of para-hydroxylation sites is 1. The van der Waals surface area contributed by atoms with E-state index in [1.807, 2.05) is 12.1 Å². The molecule has 2 rings (SSSR count). The van der Waals surface area contributed by atoms with Crippen molar-refractivity contribution in [2.45, 2.75) is 13.2 Å². The first kappa shape index (κ1) is 15.1. The van der Waals surface area contributed by atoms with Crippen molar-refractivity contribution in [1.82, 2.24) is 0 Å². The minimum Gasteiger partial charge on any atom is -0.434 e. The first-order chi connectivity index (χ1) is 9.56. The summed E-state index contributed by atoms with van der Waals surface area (Å²) in [4.78, 5) is 0. The van der Waals surface area contributed by atoms with Crippen LogP contribution in [0.1, 0.15) is 5.56 Å². The molecule has 6 heteroatoms. The van der Waals surface area contributed by atoms with Crippen LogP contribution in [-0.4, -0.2) is 6.61 Å². The molecule has 0 unspecified atom stereocenters. The summed E-state index contributed by atoms with van der Waals surface area (Å²) in [5, 5.41) is 3.69. The van der Waals surface area contributed by atoms with E-state index in [0.29, 0.717) is 17.1 Å². The highest BCUT2D eigenvalue weighted by Gasteiger charge is 2.09. The summed E-state index contributed by atoms with van der Waals surface area (Å²) in [7, 11) is 0. The van der Waals surface area contributed by atoms with E-state index >= 15 is 0 Å². The molecule has 2 aromatic carbocycles. The summed E-state index contributed by atoms with van der Waals surface area (Å²) in [6.07, 6.45) is 0. The number of halogens is 4. The van der Waals surface area contributed by atoms with Gasteiger partial charge in [-0.2, -0.15) is 8.78 Å². The maximum Gasteiger partial charge on any atom is 0.387 e. The van der Waals surface area contributed by atoms with E-state index in [2.05, 4.69) is 26.0 Å². The summed E-state index contributed by atoms with van der Waals surface area (Å²) in [5.74, 6) is 0.165.